The maximum Gasteiger partial charge on any atom is 0.212 e. The van der Waals surface area contributed by atoms with Gasteiger partial charge in [0.05, 0.1) is 5.75 Å². The van der Waals surface area contributed by atoms with E-state index in [1.807, 2.05) is 37.2 Å². The Hall–Kier alpha value is -2.13. The minimum absolute atomic E-state index is 0.0174. The van der Waals surface area contributed by atoms with Crippen LogP contribution in [0.4, 0.5) is 0 Å². The molecular weight excluding hydrogens is 438 g/mol. The smallest absolute Gasteiger partial charge is 0.212 e. The van der Waals surface area contributed by atoms with Crippen LogP contribution in [0, 0.1) is 0 Å². The van der Waals surface area contributed by atoms with Crippen molar-refractivity contribution in [1.82, 2.24) is 14.9 Å². The lowest BCUT2D eigenvalue weighted by molar-refractivity contribution is 0.164. The van der Waals surface area contributed by atoms with Crippen molar-refractivity contribution in [1.29, 1.82) is 0 Å². The molecule has 0 spiro atoms. The molecule has 4 rings (SSSR count). The number of ether oxygens (including phenoxy) is 1. The number of benzene rings is 2. The SMILES string of the molecule is CN(C)CCS(=O)(=O)NCCOc1ccc2c(c1)C(C1(c3ccc(O)cc3)CCC1)NCC2. The van der Waals surface area contributed by atoms with Crippen molar-refractivity contribution in [2.75, 3.05) is 46.1 Å². The number of hydrogen-bond donors (Lipinski definition) is 3. The maximum atomic E-state index is 12.1. The van der Waals surface area contributed by atoms with Gasteiger partial charge >= 0.3 is 0 Å². The van der Waals surface area contributed by atoms with Crippen LogP contribution in [0.3, 0.4) is 0 Å². The summed E-state index contributed by atoms with van der Waals surface area (Å²) < 4.78 is 32.7. The number of phenolic OH excluding ortho intramolecular Hbond substituents is 1. The molecule has 1 aliphatic carbocycles. The highest BCUT2D eigenvalue weighted by Crippen LogP contribution is 2.53. The zero-order valence-corrected chi connectivity index (χ0v) is 20.3. The lowest BCUT2D eigenvalue weighted by atomic mass is 9.58. The zero-order chi connectivity index (χ0) is 23.5. The number of phenols is 1. The third-order valence-electron chi connectivity index (χ3n) is 6.91. The van der Waals surface area contributed by atoms with Crippen LogP contribution in [0.5, 0.6) is 11.5 Å². The summed E-state index contributed by atoms with van der Waals surface area (Å²) in [4.78, 5) is 1.85. The number of aromatic hydroxyl groups is 1. The second-order valence-electron chi connectivity index (χ2n) is 9.42. The van der Waals surface area contributed by atoms with Gasteiger partial charge in [0, 0.05) is 24.5 Å². The van der Waals surface area contributed by atoms with E-state index in [9.17, 15) is 13.5 Å². The van der Waals surface area contributed by atoms with Gasteiger partial charge in [-0.25, -0.2) is 13.1 Å². The summed E-state index contributed by atoms with van der Waals surface area (Å²) >= 11 is 0. The van der Waals surface area contributed by atoms with Crippen LogP contribution in [-0.4, -0.2) is 64.5 Å². The van der Waals surface area contributed by atoms with E-state index in [0.717, 1.165) is 31.6 Å². The predicted octanol–water partition coefficient (Wildman–Crippen LogP) is 2.56. The Morgan fingerprint density at radius 2 is 1.94 bits per heavy atom. The minimum atomic E-state index is -3.30. The number of sulfonamides is 1. The molecule has 33 heavy (non-hydrogen) atoms. The molecule has 1 heterocycles. The van der Waals surface area contributed by atoms with Gasteiger partial charge < -0.3 is 20.1 Å². The largest absolute Gasteiger partial charge is 0.508 e. The summed E-state index contributed by atoms with van der Waals surface area (Å²) in [7, 11) is 0.404. The number of nitrogens with zero attached hydrogens (tertiary/aromatic N) is 1. The monoisotopic (exact) mass is 473 g/mol. The second-order valence-corrected chi connectivity index (χ2v) is 11.3. The first-order valence-corrected chi connectivity index (χ1v) is 13.3. The molecule has 0 aromatic heterocycles. The predicted molar refractivity (Wildman–Crippen MR) is 130 cm³/mol. The maximum absolute atomic E-state index is 12.1. The molecule has 0 amide bonds. The highest BCUT2D eigenvalue weighted by atomic mass is 32.2. The molecule has 0 bridgehead atoms. The van der Waals surface area contributed by atoms with Gasteiger partial charge in [0.15, 0.2) is 0 Å². The normalized spacial score (nSPS) is 19.7. The van der Waals surface area contributed by atoms with Crippen LogP contribution in [0.1, 0.15) is 42.0 Å². The van der Waals surface area contributed by atoms with Crippen molar-refractivity contribution < 1.29 is 18.3 Å². The van der Waals surface area contributed by atoms with Gasteiger partial charge in [-0.15, -0.1) is 0 Å². The summed E-state index contributed by atoms with van der Waals surface area (Å²) in [6.07, 6.45) is 4.38. The van der Waals surface area contributed by atoms with E-state index < -0.39 is 10.0 Å². The van der Waals surface area contributed by atoms with E-state index in [1.54, 1.807) is 12.1 Å². The molecule has 1 atom stereocenters. The second kappa shape index (κ2) is 10.0. The summed E-state index contributed by atoms with van der Waals surface area (Å²) in [5.41, 5.74) is 3.87. The fraction of sp³-hybridized carbons (Fsp3) is 0.520. The summed E-state index contributed by atoms with van der Waals surface area (Å²) in [5, 5.41) is 13.5. The number of nitrogens with one attached hydrogen (secondary N) is 2. The average Bonchev–Trinajstić information content (AvgIpc) is 2.76. The summed E-state index contributed by atoms with van der Waals surface area (Å²) in [5.74, 6) is 1.12. The van der Waals surface area contributed by atoms with Crippen molar-refractivity contribution in [2.24, 2.45) is 0 Å². The first-order chi connectivity index (χ1) is 15.8. The molecule has 1 saturated carbocycles. The molecule has 180 valence electrons. The standard InChI is InChI=1S/C25H35N3O4S/c1-28(2)15-17-33(30,31)27-14-16-32-22-9-4-19-10-13-26-24(23(19)18-22)25(11-3-12-25)20-5-7-21(29)8-6-20/h4-9,18,24,26-27,29H,3,10-17H2,1-2H3. The first kappa shape index (κ1) is 24.0. The summed E-state index contributed by atoms with van der Waals surface area (Å²) in [6, 6.07) is 14.1. The third-order valence-corrected chi connectivity index (χ3v) is 8.28. The zero-order valence-electron chi connectivity index (χ0n) is 19.5. The molecule has 1 aliphatic heterocycles. The molecule has 2 aromatic rings. The van der Waals surface area contributed by atoms with E-state index in [0.29, 0.717) is 12.3 Å². The van der Waals surface area contributed by atoms with Crippen LogP contribution >= 0.6 is 0 Å². The highest BCUT2D eigenvalue weighted by Gasteiger charge is 2.47. The van der Waals surface area contributed by atoms with Gasteiger partial charge in [0.2, 0.25) is 10.0 Å². The Kier molecular flexibility index (Phi) is 7.28. The van der Waals surface area contributed by atoms with Crippen molar-refractivity contribution in [3.8, 4) is 11.5 Å². The number of fused-ring (bicyclic) bond motifs is 1. The van der Waals surface area contributed by atoms with Crippen molar-refractivity contribution >= 4 is 10.0 Å². The number of rotatable bonds is 10. The Balaban J connectivity index is 1.45. The van der Waals surface area contributed by atoms with E-state index in [4.69, 9.17) is 4.74 Å². The Bertz CT molecular complexity index is 1050. The van der Waals surface area contributed by atoms with Gasteiger partial charge in [-0.3, -0.25) is 0 Å². The van der Waals surface area contributed by atoms with Crippen LogP contribution in [-0.2, 0) is 21.9 Å². The minimum Gasteiger partial charge on any atom is -0.508 e. The third kappa shape index (κ3) is 5.51. The van der Waals surface area contributed by atoms with Crippen LogP contribution in [0.2, 0.25) is 0 Å². The topological polar surface area (TPSA) is 90.9 Å². The van der Waals surface area contributed by atoms with Crippen molar-refractivity contribution in [2.45, 2.75) is 37.1 Å². The van der Waals surface area contributed by atoms with Crippen molar-refractivity contribution in [3.05, 3.63) is 59.2 Å². The highest BCUT2D eigenvalue weighted by molar-refractivity contribution is 7.89. The van der Waals surface area contributed by atoms with Gasteiger partial charge in [-0.2, -0.15) is 0 Å². The fourth-order valence-electron chi connectivity index (χ4n) is 4.95. The first-order valence-electron chi connectivity index (χ1n) is 11.7. The lowest BCUT2D eigenvalue weighted by Crippen LogP contribution is -2.49. The average molecular weight is 474 g/mol. The summed E-state index contributed by atoms with van der Waals surface area (Å²) in [6.45, 7) is 1.94. The lowest BCUT2D eigenvalue weighted by Gasteiger charge is -2.50. The Morgan fingerprint density at radius 1 is 1.18 bits per heavy atom. The molecule has 1 unspecified atom stereocenters. The molecule has 0 radical (unpaired) electrons. The van der Waals surface area contributed by atoms with Gasteiger partial charge in [0.25, 0.3) is 0 Å². The molecule has 2 aromatic carbocycles. The van der Waals surface area contributed by atoms with Gasteiger partial charge in [-0.1, -0.05) is 24.6 Å². The van der Waals surface area contributed by atoms with Crippen LogP contribution < -0.4 is 14.8 Å². The Morgan fingerprint density at radius 3 is 2.61 bits per heavy atom. The molecule has 3 N–H and O–H groups in total. The molecule has 8 heteroatoms. The molecular formula is C25H35N3O4S. The number of hydrogen-bond acceptors (Lipinski definition) is 6. The quantitative estimate of drug-likeness (QED) is 0.460. The van der Waals surface area contributed by atoms with Gasteiger partial charge in [0.1, 0.15) is 18.1 Å². The van der Waals surface area contributed by atoms with Crippen LogP contribution in [0.15, 0.2) is 42.5 Å². The van der Waals surface area contributed by atoms with E-state index >= 15 is 0 Å². The van der Waals surface area contributed by atoms with E-state index in [2.05, 4.69) is 22.2 Å². The van der Waals surface area contributed by atoms with E-state index in [1.165, 1.54) is 23.1 Å². The molecule has 2 aliphatic rings. The van der Waals surface area contributed by atoms with Gasteiger partial charge in [-0.05, 0) is 80.9 Å². The van der Waals surface area contributed by atoms with Crippen molar-refractivity contribution in [3.63, 3.8) is 0 Å². The fourth-order valence-corrected chi connectivity index (χ4v) is 6.09. The Labute approximate surface area is 197 Å². The van der Waals surface area contributed by atoms with Crippen LogP contribution in [0.25, 0.3) is 0 Å². The van der Waals surface area contributed by atoms with E-state index in [-0.39, 0.29) is 30.4 Å². The molecule has 0 saturated heterocycles. The molecule has 7 nitrogen and oxygen atoms in total. The molecule has 1 fully saturated rings.